The minimum absolute atomic E-state index is 0.0118. The van der Waals surface area contributed by atoms with Gasteiger partial charge in [0.15, 0.2) is 0 Å². The molecule has 1 heterocycles. The Labute approximate surface area is 112 Å². The molecule has 1 aromatic rings. The number of aromatic carboxylic acids is 1. The highest BCUT2D eigenvalue weighted by Crippen LogP contribution is 2.26. The van der Waals surface area contributed by atoms with Crippen molar-refractivity contribution in [3.05, 3.63) is 24.0 Å². The van der Waals surface area contributed by atoms with Crippen LogP contribution in [0, 0.1) is 5.92 Å². The van der Waals surface area contributed by atoms with Gasteiger partial charge >= 0.3 is 5.97 Å². The predicted molar refractivity (Wildman–Crippen MR) is 71.2 cm³/mol. The maximum Gasteiger partial charge on any atom is 0.354 e. The van der Waals surface area contributed by atoms with E-state index in [0.29, 0.717) is 5.69 Å². The van der Waals surface area contributed by atoms with Gasteiger partial charge in [0.25, 0.3) is 0 Å². The minimum atomic E-state index is -1.06. The molecule has 0 radical (unpaired) electrons. The van der Waals surface area contributed by atoms with Crippen molar-refractivity contribution in [3.8, 4) is 0 Å². The van der Waals surface area contributed by atoms with Gasteiger partial charge in [-0.2, -0.15) is 0 Å². The number of anilines is 1. The molecule has 0 saturated heterocycles. The molecule has 19 heavy (non-hydrogen) atoms. The SMILES string of the molecule is CN(C(=O)C1CCCCC1)c1ccc(C(=O)O)nc1. The number of aromatic nitrogens is 1. The minimum Gasteiger partial charge on any atom is -0.477 e. The summed E-state index contributed by atoms with van der Waals surface area (Å²) in [5.74, 6) is -0.865. The molecule has 1 amide bonds. The summed E-state index contributed by atoms with van der Waals surface area (Å²) in [7, 11) is 1.72. The van der Waals surface area contributed by atoms with E-state index in [1.165, 1.54) is 18.7 Å². The lowest BCUT2D eigenvalue weighted by Crippen LogP contribution is -2.34. The molecule has 0 aliphatic heterocycles. The summed E-state index contributed by atoms with van der Waals surface area (Å²) in [6, 6.07) is 3.04. The van der Waals surface area contributed by atoms with Crippen molar-refractivity contribution in [1.29, 1.82) is 0 Å². The zero-order valence-electron chi connectivity index (χ0n) is 11.0. The largest absolute Gasteiger partial charge is 0.477 e. The topological polar surface area (TPSA) is 70.5 Å². The fraction of sp³-hybridized carbons (Fsp3) is 0.500. The standard InChI is InChI=1S/C14H18N2O3/c1-16(13(17)10-5-3-2-4-6-10)11-7-8-12(14(18)19)15-9-11/h7-10H,2-6H2,1H3,(H,18,19). The molecular weight excluding hydrogens is 244 g/mol. The number of carboxylic acid groups (broad SMARTS) is 1. The number of carbonyl (C=O) groups excluding carboxylic acids is 1. The van der Waals surface area contributed by atoms with E-state index in [-0.39, 0.29) is 17.5 Å². The second kappa shape index (κ2) is 5.82. The van der Waals surface area contributed by atoms with E-state index < -0.39 is 5.97 Å². The van der Waals surface area contributed by atoms with E-state index >= 15 is 0 Å². The fourth-order valence-electron chi connectivity index (χ4n) is 2.46. The second-order valence-corrected chi connectivity index (χ2v) is 4.94. The number of nitrogens with zero attached hydrogens (tertiary/aromatic N) is 2. The summed E-state index contributed by atoms with van der Waals surface area (Å²) in [6.07, 6.45) is 6.76. The van der Waals surface area contributed by atoms with Crippen LogP contribution in [0.2, 0.25) is 0 Å². The predicted octanol–water partition coefficient (Wildman–Crippen LogP) is 2.32. The summed E-state index contributed by atoms with van der Waals surface area (Å²) in [5.41, 5.74) is 0.628. The number of carbonyl (C=O) groups is 2. The number of amides is 1. The molecule has 1 fully saturated rings. The van der Waals surface area contributed by atoms with Crippen molar-refractivity contribution < 1.29 is 14.7 Å². The Hall–Kier alpha value is -1.91. The maximum atomic E-state index is 12.3. The number of pyridine rings is 1. The lowest BCUT2D eigenvalue weighted by molar-refractivity contribution is -0.123. The zero-order chi connectivity index (χ0) is 13.8. The lowest BCUT2D eigenvalue weighted by atomic mass is 9.88. The average molecular weight is 262 g/mol. The molecule has 0 aromatic carbocycles. The Morgan fingerprint density at radius 1 is 1.26 bits per heavy atom. The molecule has 1 aliphatic rings. The van der Waals surface area contributed by atoms with Crippen LogP contribution in [0.15, 0.2) is 18.3 Å². The Kier molecular flexibility index (Phi) is 4.14. The highest BCUT2D eigenvalue weighted by molar-refractivity contribution is 5.94. The van der Waals surface area contributed by atoms with Crippen molar-refractivity contribution >= 4 is 17.6 Å². The molecule has 2 rings (SSSR count). The first-order valence-electron chi connectivity index (χ1n) is 6.56. The van der Waals surface area contributed by atoms with Crippen LogP contribution in [0.3, 0.4) is 0 Å². The van der Waals surface area contributed by atoms with Crippen molar-refractivity contribution in [2.45, 2.75) is 32.1 Å². The Morgan fingerprint density at radius 3 is 2.47 bits per heavy atom. The monoisotopic (exact) mass is 262 g/mol. The number of carboxylic acids is 1. The van der Waals surface area contributed by atoms with Crippen molar-refractivity contribution in [3.63, 3.8) is 0 Å². The van der Waals surface area contributed by atoms with E-state index in [1.54, 1.807) is 18.0 Å². The van der Waals surface area contributed by atoms with E-state index in [1.807, 2.05) is 0 Å². The van der Waals surface area contributed by atoms with Gasteiger partial charge in [0.2, 0.25) is 5.91 Å². The number of rotatable bonds is 3. The maximum absolute atomic E-state index is 12.3. The van der Waals surface area contributed by atoms with Crippen LogP contribution in [-0.4, -0.2) is 29.0 Å². The second-order valence-electron chi connectivity index (χ2n) is 4.94. The molecule has 1 N–H and O–H groups in total. The van der Waals surface area contributed by atoms with Crippen LogP contribution in [0.5, 0.6) is 0 Å². The summed E-state index contributed by atoms with van der Waals surface area (Å²) < 4.78 is 0. The third kappa shape index (κ3) is 3.10. The van der Waals surface area contributed by atoms with Crippen LogP contribution in [0.4, 0.5) is 5.69 Å². The van der Waals surface area contributed by atoms with Gasteiger partial charge < -0.3 is 10.0 Å². The molecule has 1 aliphatic carbocycles. The van der Waals surface area contributed by atoms with Gasteiger partial charge in [-0.1, -0.05) is 19.3 Å². The molecule has 102 valence electrons. The average Bonchev–Trinajstić information content (AvgIpc) is 2.46. The van der Waals surface area contributed by atoms with Crippen LogP contribution < -0.4 is 4.90 Å². The summed E-state index contributed by atoms with van der Waals surface area (Å²) in [4.78, 5) is 28.4. The number of hydrogen-bond donors (Lipinski definition) is 1. The Balaban J connectivity index is 2.07. The van der Waals surface area contributed by atoms with Gasteiger partial charge in [0.1, 0.15) is 5.69 Å². The van der Waals surface area contributed by atoms with Gasteiger partial charge in [-0.05, 0) is 25.0 Å². The van der Waals surface area contributed by atoms with Gasteiger partial charge in [-0.25, -0.2) is 9.78 Å². The molecule has 0 spiro atoms. The molecule has 1 aromatic heterocycles. The summed E-state index contributed by atoms with van der Waals surface area (Å²) in [5, 5.41) is 8.78. The first kappa shape index (κ1) is 13.5. The highest BCUT2D eigenvalue weighted by atomic mass is 16.4. The quantitative estimate of drug-likeness (QED) is 0.907. The van der Waals surface area contributed by atoms with Crippen LogP contribution in [0.25, 0.3) is 0 Å². The van der Waals surface area contributed by atoms with E-state index in [0.717, 1.165) is 25.7 Å². The fourth-order valence-corrected chi connectivity index (χ4v) is 2.46. The Morgan fingerprint density at radius 2 is 1.95 bits per heavy atom. The van der Waals surface area contributed by atoms with Crippen LogP contribution in [-0.2, 0) is 4.79 Å². The Bertz CT molecular complexity index is 464. The molecule has 0 bridgehead atoms. The van der Waals surface area contributed by atoms with Gasteiger partial charge in [-0.3, -0.25) is 4.79 Å². The number of hydrogen-bond acceptors (Lipinski definition) is 3. The van der Waals surface area contributed by atoms with Crippen molar-refractivity contribution in [2.75, 3.05) is 11.9 Å². The molecule has 0 unspecified atom stereocenters. The van der Waals surface area contributed by atoms with Crippen LogP contribution in [0.1, 0.15) is 42.6 Å². The third-order valence-corrected chi connectivity index (χ3v) is 3.64. The molecule has 0 atom stereocenters. The first-order chi connectivity index (χ1) is 9.09. The van der Waals surface area contributed by atoms with Crippen molar-refractivity contribution in [2.24, 2.45) is 5.92 Å². The lowest BCUT2D eigenvalue weighted by Gasteiger charge is -2.26. The highest BCUT2D eigenvalue weighted by Gasteiger charge is 2.24. The van der Waals surface area contributed by atoms with Gasteiger partial charge in [-0.15, -0.1) is 0 Å². The molecule has 5 nitrogen and oxygen atoms in total. The van der Waals surface area contributed by atoms with E-state index in [4.69, 9.17) is 5.11 Å². The normalized spacial score (nSPS) is 16.1. The van der Waals surface area contributed by atoms with Crippen LogP contribution >= 0.6 is 0 Å². The molecule has 1 saturated carbocycles. The molecular formula is C14H18N2O3. The summed E-state index contributed by atoms with van der Waals surface area (Å²) >= 11 is 0. The summed E-state index contributed by atoms with van der Waals surface area (Å²) in [6.45, 7) is 0. The van der Waals surface area contributed by atoms with Gasteiger partial charge in [0.05, 0.1) is 11.9 Å². The van der Waals surface area contributed by atoms with Crippen molar-refractivity contribution in [1.82, 2.24) is 4.98 Å². The smallest absolute Gasteiger partial charge is 0.354 e. The zero-order valence-corrected chi connectivity index (χ0v) is 11.0. The molecule has 5 heteroatoms. The van der Waals surface area contributed by atoms with E-state index in [2.05, 4.69) is 4.98 Å². The van der Waals surface area contributed by atoms with E-state index in [9.17, 15) is 9.59 Å². The van der Waals surface area contributed by atoms with Gasteiger partial charge in [0, 0.05) is 13.0 Å². The first-order valence-corrected chi connectivity index (χ1v) is 6.56. The third-order valence-electron chi connectivity index (χ3n) is 3.64.